The molecule has 0 unspecified atom stereocenters. The van der Waals surface area contributed by atoms with E-state index in [-0.39, 0.29) is 17.1 Å². The summed E-state index contributed by atoms with van der Waals surface area (Å²) >= 11 is 3.09. The molecule has 0 radical (unpaired) electrons. The van der Waals surface area contributed by atoms with Crippen molar-refractivity contribution >= 4 is 33.4 Å². The number of carbonyl (C=O) groups is 2. The van der Waals surface area contributed by atoms with Crippen LogP contribution in [0.2, 0.25) is 0 Å². The molecule has 0 aromatic heterocycles. The summed E-state index contributed by atoms with van der Waals surface area (Å²) < 4.78 is 5.23. The SMILES string of the molecule is O=C(CBr)Nc1ccccc1C(=O)N1CCOCC1. The Morgan fingerprint density at radius 3 is 2.63 bits per heavy atom. The third kappa shape index (κ3) is 3.54. The number of alkyl halides is 1. The standard InChI is InChI=1S/C13H15BrN2O3/c14-9-12(17)15-11-4-2-1-3-10(11)13(18)16-5-7-19-8-6-16/h1-4H,5-9H2,(H,15,17). The summed E-state index contributed by atoms with van der Waals surface area (Å²) in [7, 11) is 0. The molecule has 1 aromatic rings. The van der Waals surface area contributed by atoms with Crippen LogP contribution in [0.4, 0.5) is 5.69 Å². The lowest BCUT2D eigenvalue weighted by molar-refractivity contribution is -0.113. The highest BCUT2D eigenvalue weighted by molar-refractivity contribution is 9.09. The number of nitrogens with zero attached hydrogens (tertiary/aromatic N) is 1. The quantitative estimate of drug-likeness (QED) is 0.856. The zero-order chi connectivity index (χ0) is 13.7. The number of rotatable bonds is 3. The maximum atomic E-state index is 12.4. The van der Waals surface area contributed by atoms with Crippen molar-refractivity contribution in [1.29, 1.82) is 0 Å². The third-order valence-corrected chi connectivity index (χ3v) is 3.36. The largest absolute Gasteiger partial charge is 0.378 e. The summed E-state index contributed by atoms with van der Waals surface area (Å²) in [6, 6.07) is 7.04. The van der Waals surface area contributed by atoms with E-state index in [1.54, 1.807) is 29.2 Å². The van der Waals surface area contributed by atoms with Gasteiger partial charge < -0.3 is 15.0 Å². The van der Waals surface area contributed by atoms with Gasteiger partial charge in [0.2, 0.25) is 5.91 Å². The Balaban J connectivity index is 2.18. The van der Waals surface area contributed by atoms with E-state index in [1.165, 1.54) is 0 Å². The van der Waals surface area contributed by atoms with E-state index >= 15 is 0 Å². The average molecular weight is 327 g/mol. The topological polar surface area (TPSA) is 58.6 Å². The lowest BCUT2D eigenvalue weighted by atomic mass is 10.1. The number of amides is 2. The van der Waals surface area contributed by atoms with Crippen molar-refractivity contribution < 1.29 is 14.3 Å². The van der Waals surface area contributed by atoms with Gasteiger partial charge in [-0.05, 0) is 12.1 Å². The number of halogens is 1. The van der Waals surface area contributed by atoms with E-state index in [0.717, 1.165) is 0 Å². The molecule has 5 nitrogen and oxygen atoms in total. The second-order valence-electron chi connectivity index (χ2n) is 4.13. The monoisotopic (exact) mass is 326 g/mol. The molecular formula is C13H15BrN2O3. The van der Waals surface area contributed by atoms with Crippen LogP contribution in [0.5, 0.6) is 0 Å². The zero-order valence-electron chi connectivity index (χ0n) is 10.4. The van der Waals surface area contributed by atoms with Gasteiger partial charge in [0.05, 0.1) is 29.8 Å². The Hall–Kier alpha value is -1.40. The first-order valence-electron chi connectivity index (χ1n) is 6.04. The molecule has 1 aromatic carbocycles. The predicted octanol–water partition coefficient (Wildman–Crippen LogP) is 1.49. The van der Waals surface area contributed by atoms with Gasteiger partial charge in [0.15, 0.2) is 0 Å². The molecule has 0 bridgehead atoms. The minimum absolute atomic E-state index is 0.0752. The van der Waals surface area contributed by atoms with Gasteiger partial charge in [-0.1, -0.05) is 28.1 Å². The van der Waals surface area contributed by atoms with Crippen molar-refractivity contribution in [1.82, 2.24) is 4.90 Å². The van der Waals surface area contributed by atoms with Crippen LogP contribution in [0.3, 0.4) is 0 Å². The van der Waals surface area contributed by atoms with E-state index in [2.05, 4.69) is 21.2 Å². The summed E-state index contributed by atoms with van der Waals surface area (Å²) in [4.78, 5) is 25.6. The molecule has 2 amide bonds. The smallest absolute Gasteiger partial charge is 0.256 e. The second kappa shape index (κ2) is 6.68. The summed E-state index contributed by atoms with van der Waals surface area (Å²) in [6.07, 6.45) is 0. The number of carbonyl (C=O) groups excluding carboxylic acids is 2. The number of nitrogens with one attached hydrogen (secondary N) is 1. The number of morpholine rings is 1. The number of anilines is 1. The van der Waals surface area contributed by atoms with Gasteiger partial charge in [-0.25, -0.2) is 0 Å². The van der Waals surface area contributed by atoms with Crippen LogP contribution < -0.4 is 5.32 Å². The molecule has 1 fully saturated rings. The number of ether oxygens (including phenoxy) is 1. The summed E-state index contributed by atoms with van der Waals surface area (Å²) in [5, 5.41) is 2.92. The molecule has 6 heteroatoms. The fourth-order valence-corrected chi connectivity index (χ4v) is 2.04. The molecule has 1 heterocycles. The average Bonchev–Trinajstić information content (AvgIpc) is 2.48. The Morgan fingerprint density at radius 2 is 1.95 bits per heavy atom. The molecule has 1 N–H and O–H groups in total. The van der Waals surface area contributed by atoms with Gasteiger partial charge in [-0.15, -0.1) is 0 Å². The Labute approximate surface area is 120 Å². The van der Waals surface area contributed by atoms with Crippen molar-refractivity contribution in [3.63, 3.8) is 0 Å². The van der Waals surface area contributed by atoms with Crippen LogP contribution in [-0.4, -0.2) is 48.3 Å². The fourth-order valence-electron chi connectivity index (χ4n) is 1.90. The molecule has 1 aliphatic rings. The highest BCUT2D eigenvalue weighted by Crippen LogP contribution is 2.18. The molecule has 19 heavy (non-hydrogen) atoms. The summed E-state index contributed by atoms with van der Waals surface area (Å²) in [5.74, 6) is -0.254. The molecule has 2 rings (SSSR count). The first-order chi connectivity index (χ1) is 9.22. The van der Waals surface area contributed by atoms with Crippen molar-refractivity contribution in [2.24, 2.45) is 0 Å². The fraction of sp³-hybridized carbons (Fsp3) is 0.385. The Morgan fingerprint density at radius 1 is 1.26 bits per heavy atom. The zero-order valence-corrected chi connectivity index (χ0v) is 12.0. The number of benzene rings is 1. The van der Waals surface area contributed by atoms with Gasteiger partial charge >= 0.3 is 0 Å². The van der Waals surface area contributed by atoms with E-state index in [0.29, 0.717) is 37.6 Å². The van der Waals surface area contributed by atoms with Crippen molar-refractivity contribution in [2.45, 2.75) is 0 Å². The first kappa shape index (κ1) is 14.0. The van der Waals surface area contributed by atoms with Gasteiger partial charge in [0.25, 0.3) is 5.91 Å². The van der Waals surface area contributed by atoms with Crippen molar-refractivity contribution in [2.75, 3.05) is 37.0 Å². The maximum absolute atomic E-state index is 12.4. The van der Waals surface area contributed by atoms with Crippen LogP contribution in [-0.2, 0) is 9.53 Å². The normalized spacial score (nSPS) is 15.1. The second-order valence-corrected chi connectivity index (χ2v) is 4.69. The number of hydrogen-bond acceptors (Lipinski definition) is 3. The first-order valence-corrected chi connectivity index (χ1v) is 7.16. The minimum Gasteiger partial charge on any atom is -0.378 e. The number of hydrogen-bond donors (Lipinski definition) is 1. The molecule has 1 saturated heterocycles. The van der Waals surface area contributed by atoms with E-state index < -0.39 is 0 Å². The van der Waals surface area contributed by atoms with Gasteiger partial charge in [0, 0.05) is 13.1 Å². The lowest BCUT2D eigenvalue weighted by Crippen LogP contribution is -2.41. The van der Waals surface area contributed by atoms with Gasteiger partial charge in [-0.2, -0.15) is 0 Å². The highest BCUT2D eigenvalue weighted by Gasteiger charge is 2.21. The van der Waals surface area contributed by atoms with E-state index in [1.807, 2.05) is 0 Å². The molecule has 0 spiro atoms. The van der Waals surface area contributed by atoms with Gasteiger partial charge in [-0.3, -0.25) is 9.59 Å². The van der Waals surface area contributed by atoms with Gasteiger partial charge in [0.1, 0.15) is 0 Å². The lowest BCUT2D eigenvalue weighted by Gasteiger charge is -2.27. The minimum atomic E-state index is -0.178. The molecule has 0 atom stereocenters. The summed E-state index contributed by atoms with van der Waals surface area (Å²) in [6.45, 7) is 2.28. The van der Waals surface area contributed by atoms with Crippen molar-refractivity contribution in [3.8, 4) is 0 Å². The Kier molecular flexibility index (Phi) is 4.93. The Bertz CT molecular complexity index is 473. The summed E-state index contributed by atoms with van der Waals surface area (Å²) in [5.41, 5.74) is 1.06. The molecule has 1 aliphatic heterocycles. The van der Waals surface area contributed by atoms with Crippen LogP contribution >= 0.6 is 15.9 Å². The molecular weight excluding hydrogens is 312 g/mol. The highest BCUT2D eigenvalue weighted by atomic mass is 79.9. The predicted molar refractivity (Wildman–Crippen MR) is 75.6 cm³/mol. The van der Waals surface area contributed by atoms with Crippen LogP contribution in [0.1, 0.15) is 10.4 Å². The third-order valence-electron chi connectivity index (χ3n) is 2.85. The van der Waals surface area contributed by atoms with Crippen molar-refractivity contribution in [3.05, 3.63) is 29.8 Å². The maximum Gasteiger partial charge on any atom is 0.256 e. The van der Waals surface area contributed by atoms with Crippen LogP contribution in [0.15, 0.2) is 24.3 Å². The van der Waals surface area contributed by atoms with E-state index in [9.17, 15) is 9.59 Å². The number of para-hydroxylation sites is 1. The van der Waals surface area contributed by atoms with E-state index in [4.69, 9.17) is 4.74 Å². The van der Waals surface area contributed by atoms with Crippen LogP contribution in [0.25, 0.3) is 0 Å². The molecule has 0 aliphatic carbocycles. The van der Waals surface area contributed by atoms with Crippen LogP contribution in [0, 0.1) is 0 Å². The molecule has 102 valence electrons. The molecule has 0 saturated carbocycles.